The van der Waals surface area contributed by atoms with Crippen molar-refractivity contribution in [2.24, 2.45) is 46.3 Å². The Morgan fingerprint density at radius 1 is 0.809 bits per heavy atom. The Kier molecular flexibility index (Phi) is 15.7. The fraction of sp³-hybridized carbons (Fsp3) is 0.844. The zero-order chi connectivity index (χ0) is 33.7. The lowest BCUT2D eigenvalue weighted by atomic mass is 9.47. The molecule has 4 rings (SSSR count). The number of unbranched alkanes of at least 4 members (excludes halogenated alkanes) is 8. The molecule has 0 N–H and O–H groups in total. The van der Waals surface area contributed by atoms with Gasteiger partial charge in [0.2, 0.25) is 0 Å². The summed E-state index contributed by atoms with van der Waals surface area (Å²) in [6, 6.07) is 0. The van der Waals surface area contributed by atoms with Crippen LogP contribution in [0.1, 0.15) is 189 Å². The standard InChI is InChI=1S/C45H76O2/c1-7-8-9-10-11-12-13-14-15-16-17-18-19-20-21-25-43(46)47-38-30-32-44(5)37(34-38)26-27-39-41-29-28-40(36(4)24-22-23-35(2)3)45(41,6)33-31-42(39)44/h11-12,14-15,27,35-38,40-42H,7-10,13,16-26,28-34H2,1-6H3/t36-,37?,38?,40-,41+,42+,44+,45-/m1/s1. The highest BCUT2D eigenvalue weighted by atomic mass is 16.5. The molecule has 0 radical (unpaired) electrons. The minimum Gasteiger partial charge on any atom is -0.462 e. The smallest absolute Gasteiger partial charge is 0.306 e. The topological polar surface area (TPSA) is 26.3 Å². The number of hydrogen-bond donors (Lipinski definition) is 0. The van der Waals surface area contributed by atoms with E-state index in [2.05, 4.69) is 71.9 Å². The maximum absolute atomic E-state index is 12.8. The molecule has 8 atom stereocenters. The van der Waals surface area contributed by atoms with Crippen molar-refractivity contribution in [2.75, 3.05) is 0 Å². The van der Waals surface area contributed by atoms with Crippen LogP contribution in [-0.4, -0.2) is 12.1 Å². The van der Waals surface area contributed by atoms with Crippen LogP contribution in [0.15, 0.2) is 36.0 Å². The van der Waals surface area contributed by atoms with Gasteiger partial charge in [-0.3, -0.25) is 4.79 Å². The lowest BCUT2D eigenvalue weighted by Gasteiger charge is -2.58. The zero-order valence-corrected chi connectivity index (χ0v) is 32.0. The van der Waals surface area contributed by atoms with E-state index in [9.17, 15) is 4.79 Å². The first kappa shape index (κ1) is 38.5. The SMILES string of the molecule is CCCCCC=CCC=CCCCCCCCC(=O)OC1CC[C@@]2(C)C(CC=C3[C@@H]4CC[C@H]([C@H](C)CCCC(C)C)[C@@]4(C)CC[C@@H]32)C1. The van der Waals surface area contributed by atoms with Gasteiger partial charge in [0.05, 0.1) is 0 Å². The van der Waals surface area contributed by atoms with Gasteiger partial charge in [-0.2, -0.15) is 0 Å². The Labute approximate surface area is 292 Å². The summed E-state index contributed by atoms with van der Waals surface area (Å²) >= 11 is 0. The quantitative estimate of drug-likeness (QED) is 0.0746. The Hall–Kier alpha value is -1.31. The van der Waals surface area contributed by atoms with E-state index in [1.54, 1.807) is 0 Å². The van der Waals surface area contributed by atoms with E-state index in [4.69, 9.17) is 4.74 Å². The number of ether oxygens (including phenoxy) is 1. The first-order valence-electron chi connectivity index (χ1n) is 20.9. The van der Waals surface area contributed by atoms with Crippen molar-refractivity contribution in [1.82, 2.24) is 0 Å². The number of allylic oxidation sites excluding steroid dienone is 6. The third-order valence-electron chi connectivity index (χ3n) is 13.9. The number of hydrogen-bond acceptors (Lipinski definition) is 2. The average molecular weight is 649 g/mol. The van der Waals surface area contributed by atoms with E-state index < -0.39 is 0 Å². The Balaban J connectivity index is 1.13. The zero-order valence-electron chi connectivity index (χ0n) is 32.0. The minimum atomic E-state index is 0.0595. The molecule has 2 heteroatoms. The molecule has 0 amide bonds. The van der Waals surface area contributed by atoms with Gasteiger partial charge in [0.15, 0.2) is 0 Å². The summed E-state index contributed by atoms with van der Waals surface area (Å²) in [5, 5.41) is 0. The molecular weight excluding hydrogens is 572 g/mol. The van der Waals surface area contributed by atoms with Crippen LogP contribution in [0.25, 0.3) is 0 Å². The van der Waals surface area contributed by atoms with Crippen LogP contribution < -0.4 is 0 Å². The van der Waals surface area contributed by atoms with E-state index >= 15 is 0 Å². The van der Waals surface area contributed by atoms with Crippen molar-refractivity contribution in [3.63, 3.8) is 0 Å². The van der Waals surface area contributed by atoms with Crippen LogP contribution in [-0.2, 0) is 9.53 Å². The number of carbonyl (C=O) groups excluding carboxylic acids is 1. The fourth-order valence-electron chi connectivity index (χ4n) is 10.9. The van der Waals surface area contributed by atoms with E-state index in [1.165, 1.54) is 109 Å². The molecule has 268 valence electrons. The summed E-state index contributed by atoms with van der Waals surface area (Å²) in [7, 11) is 0. The summed E-state index contributed by atoms with van der Waals surface area (Å²) in [6.45, 7) is 14.9. The van der Waals surface area contributed by atoms with Gasteiger partial charge in [-0.25, -0.2) is 0 Å². The Morgan fingerprint density at radius 3 is 2.23 bits per heavy atom. The highest BCUT2D eigenvalue weighted by molar-refractivity contribution is 5.69. The average Bonchev–Trinajstić information content (AvgIpc) is 3.40. The Morgan fingerprint density at radius 2 is 1.49 bits per heavy atom. The van der Waals surface area contributed by atoms with Crippen LogP contribution in [0.2, 0.25) is 0 Å². The molecule has 4 aliphatic rings. The summed E-state index contributed by atoms with van der Waals surface area (Å²) in [5.41, 5.74) is 2.78. The number of esters is 1. The molecule has 3 fully saturated rings. The number of fused-ring (bicyclic) bond motifs is 5. The van der Waals surface area contributed by atoms with Crippen molar-refractivity contribution in [3.05, 3.63) is 36.0 Å². The van der Waals surface area contributed by atoms with Gasteiger partial charge in [-0.1, -0.05) is 129 Å². The molecule has 0 saturated heterocycles. The molecule has 0 heterocycles. The van der Waals surface area contributed by atoms with E-state index in [0.29, 0.717) is 23.2 Å². The summed E-state index contributed by atoms with van der Waals surface area (Å²) in [5.74, 6) is 4.92. The van der Waals surface area contributed by atoms with Crippen molar-refractivity contribution < 1.29 is 9.53 Å². The van der Waals surface area contributed by atoms with Crippen LogP contribution in [0, 0.1) is 46.3 Å². The lowest BCUT2D eigenvalue weighted by Crippen LogP contribution is -2.50. The van der Waals surface area contributed by atoms with Crippen molar-refractivity contribution in [1.29, 1.82) is 0 Å². The van der Waals surface area contributed by atoms with Crippen LogP contribution in [0.5, 0.6) is 0 Å². The van der Waals surface area contributed by atoms with E-state index in [1.807, 2.05) is 5.57 Å². The van der Waals surface area contributed by atoms with Crippen LogP contribution in [0.3, 0.4) is 0 Å². The predicted octanol–water partition coefficient (Wildman–Crippen LogP) is 13.8. The molecule has 0 bridgehead atoms. The van der Waals surface area contributed by atoms with Gasteiger partial charge in [0.1, 0.15) is 6.10 Å². The molecule has 0 aromatic carbocycles. The van der Waals surface area contributed by atoms with Crippen molar-refractivity contribution in [3.8, 4) is 0 Å². The highest BCUT2D eigenvalue weighted by Gasteiger charge is 2.58. The second-order valence-electron chi connectivity index (χ2n) is 17.6. The second kappa shape index (κ2) is 19.2. The van der Waals surface area contributed by atoms with Gasteiger partial charge in [0.25, 0.3) is 0 Å². The molecule has 47 heavy (non-hydrogen) atoms. The van der Waals surface area contributed by atoms with Crippen LogP contribution in [0.4, 0.5) is 0 Å². The van der Waals surface area contributed by atoms with Gasteiger partial charge in [-0.15, -0.1) is 0 Å². The third kappa shape index (κ3) is 10.6. The molecule has 0 aromatic heterocycles. The highest BCUT2D eigenvalue weighted by Crippen LogP contribution is 2.67. The molecule has 3 saturated carbocycles. The number of rotatable bonds is 20. The molecule has 2 nitrogen and oxygen atoms in total. The van der Waals surface area contributed by atoms with Gasteiger partial charge >= 0.3 is 5.97 Å². The fourth-order valence-corrected chi connectivity index (χ4v) is 10.9. The first-order valence-corrected chi connectivity index (χ1v) is 20.9. The molecular formula is C45H76O2. The van der Waals surface area contributed by atoms with Crippen molar-refractivity contribution in [2.45, 2.75) is 195 Å². The lowest BCUT2D eigenvalue weighted by molar-refractivity contribution is -0.155. The predicted molar refractivity (Wildman–Crippen MR) is 202 cm³/mol. The maximum atomic E-state index is 12.8. The molecule has 4 aliphatic carbocycles. The summed E-state index contributed by atoms with van der Waals surface area (Å²) < 4.78 is 6.14. The summed E-state index contributed by atoms with van der Waals surface area (Å²) in [6.07, 6.45) is 40.6. The molecule has 2 unspecified atom stereocenters. The van der Waals surface area contributed by atoms with E-state index in [0.717, 1.165) is 61.7 Å². The van der Waals surface area contributed by atoms with Gasteiger partial charge in [-0.05, 0) is 136 Å². The molecule has 0 spiro atoms. The normalized spacial score (nSPS) is 32.7. The molecule has 0 aromatic rings. The van der Waals surface area contributed by atoms with Gasteiger partial charge < -0.3 is 4.74 Å². The maximum Gasteiger partial charge on any atom is 0.306 e. The summed E-state index contributed by atoms with van der Waals surface area (Å²) in [4.78, 5) is 12.8. The Bertz CT molecular complexity index is 1020. The largest absolute Gasteiger partial charge is 0.462 e. The second-order valence-corrected chi connectivity index (χ2v) is 17.6. The first-order chi connectivity index (χ1) is 22.7. The van der Waals surface area contributed by atoms with E-state index in [-0.39, 0.29) is 12.1 Å². The molecule has 0 aliphatic heterocycles. The van der Waals surface area contributed by atoms with Gasteiger partial charge in [0, 0.05) is 6.42 Å². The van der Waals surface area contributed by atoms with Crippen LogP contribution >= 0.6 is 0 Å². The minimum absolute atomic E-state index is 0.0595. The van der Waals surface area contributed by atoms with Crippen molar-refractivity contribution >= 4 is 5.97 Å². The number of carbonyl (C=O) groups is 1. The monoisotopic (exact) mass is 649 g/mol. The third-order valence-corrected chi connectivity index (χ3v) is 13.9.